The molecule has 1 heterocycles. The van der Waals surface area contributed by atoms with Gasteiger partial charge in [0.25, 0.3) is 5.91 Å². The van der Waals surface area contributed by atoms with Crippen LogP contribution >= 0.6 is 11.6 Å². The summed E-state index contributed by atoms with van der Waals surface area (Å²) in [6.45, 7) is 0.471. The minimum absolute atomic E-state index is 0.292. The predicted molar refractivity (Wildman–Crippen MR) is 129 cm³/mol. The molecule has 3 N–H and O–H groups in total. The van der Waals surface area contributed by atoms with Crippen LogP contribution in [0.25, 0.3) is 11.1 Å². The van der Waals surface area contributed by atoms with Gasteiger partial charge >= 0.3 is 0 Å². The third-order valence-corrected chi connectivity index (χ3v) is 4.99. The molecule has 3 aromatic carbocycles. The molecule has 32 heavy (non-hydrogen) atoms. The monoisotopic (exact) mass is 443 g/mol. The SMILES string of the molecule is O=C(NC(=NCCc1cnc[nH]1)Nc1cccc(-c2ccccc2)c1)c1cccc(Cl)c1. The molecule has 0 atom stereocenters. The first-order valence-corrected chi connectivity index (χ1v) is 10.6. The molecule has 0 radical (unpaired) electrons. The lowest BCUT2D eigenvalue weighted by Crippen LogP contribution is -2.36. The van der Waals surface area contributed by atoms with Gasteiger partial charge < -0.3 is 10.3 Å². The van der Waals surface area contributed by atoms with Crippen molar-refractivity contribution in [3.63, 3.8) is 0 Å². The molecule has 6 nitrogen and oxygen atoms in total. The molecule has 0 aliphatic rings. The quantitative estimate of drug-likeness (QED) is 0.284. The minimum atomic E-state index is -0.292. The molecule has 0 saturated heterocycles. The number of guanidine groups is 1. The van der Waals surface area contributed by atoms with Crippen molar-refractivity contribution in [3.8, 4) is 11.1 Å². The molecule has 0 aliphatic heterocycles. The highest BCUT2D eigenvalue weighted by Gasteiger charge is 2.10. The van der Waals surface area contributed by atoms with Gasteiger partial charge in [0.15, 0.2) is 0 Å². The number of H-pyrrole nitrogens is 1. The van der Waals surface area contributed by atoms with Crippen LogP contribution in [-0.2, 0) is 6.42 Å². The smallest absolute Gasteiger partial charge is 0.258 e. The number of carbonyl (C=O) groups is 1. The second kappa shape index (κ2) is 10.4. The fraction of sp³-hybridized carbons (Fsp3) is 0.0800. The van der Waals surface area contributed by atoms with Crippen LogP contribution in [0.1, 0.15) is 16.1 Å². The Morgan fingerprint density at radius 2 is 1.78 bits per heavy atom. The molecule has 1 amide bonds. The molecule has 0 bridgehead atoms. The van der Waals surface area contributed by atoms with Gasteiger partial charge in [0.2, 0.25) is 5.96 Å². The number of rotatable bonds is 6. The lowest BCUT2D eigenvalue weighted by Gasteiger charge is -2.13. The summed E-state index contributed by atoms with van der Waals surface area (Å²) in [6.07, 6.45) is 4.06. The highest BCUT2D eigenvalue weighted by molar-refractivity contribution is 6.31. The van der Waals surface area contributed by atoms with Gasteiger partial charge in [-0.25, -0.2) is 4.98 Å². The van der Waals surface area contributed by atoms with Crippen LogP contribution in [0.4, 0.5) is 5.69 Å². The Bertz CT molecular complexity index is 1210. The highest BCUT2D eigenvalue weighted by Crippen LogP contribution is 2.22. The van der Waals surface area contributed by atoms with Crippen molar-refractivity contribution in [1.29, 1.82) is 0 Å². The standard InChI is InChI=1S/C25H22ClN5O/c26-21-10-4-9-20(14-21)24(32)31-25(28-13-12-23-16-27-17-29-23)30-22-11-5-8-19(15-22)18-6-2-1-3-7-18/h1-11,14-17H,12-13H2,(H,27,29)(H2,28,30,31,32). The summed E-state index contributed by atoms with van der Waals surface area (Å²) in [6, 6.07) is 24.9. The maximum atomic E-state index is 12.8. The van der Waals surface area contributed by atoms with E-state index in [1.54, 1.807) is 36.8 Å². The van der Waals surface area contributed by atoms with Crippen LogP contribution in [0.15, 0.2) is 96.4 Å². The molecule has 4 rings (SSSR count). The Kier molecular flexibility index (Phi) is 6.94. The lowest BCUT2D eigenvalue weighted by atomic mass is 10.1. The van der Waals surface area contributed by atoms with Crippen LogP contribution in [0, 0.1) is 0 Å². The second-order valence-corrected chi connectivity index (χ2v) is 7.53. The number of nitrogens with one attached hydrogen (secondary N) is 3. The third kappa shape index (κ3) is 5.83. The number of aliphatic imine (C=N–C) groups is 1. The van der Waals surface area contributed by atoms with Crippen LogP contribution in [0.5, 0.6) is 0 Å². The van der Waals surface area contributed by atoms with E-state index in [0.717, 1.165) is 22.5 Å². The Morgan fingerprint density at radius 1 is 0.969 bits per heavy atom. The largest absolute Gasteiger partial charge is 0.348 e. The number of amides is 1. The van der Waals surface area contributed by atoms with E-state index in [1.807, 2.05) is 42.5 Å². The number of carbonyl (C=O) groups excluding carboxylic acids is 1. The van der Waals surface area contributed by atoms with Crippen molar-refractivity contribution in [2.75, 3.05) is 11.9 Å². The molecular formula is C25H22ClN5O. The van der Waals surface area contributed by atoms with E-state index in [9.17, 15) is 4.79 Å². The molecule has 4 aromatic rings. The number of aromatic nitrogens is 2. The fourth-order valence-electron chi connectivity index (χ4n) is 3.17. The van der Waals surface area contributed by atoms with Crippen molar-refractivity contribution in [1.82, 2.24) is 15.3 Å². The van der Waals surface area contributed by atoms with Gasteiger partial charge in [-0.3, -0.25) is 15.1 Å². The highest BCUT2D eigenvalue weighted by atomic mass is 35.5. The minimum Gasteiger partial charge on any atom is -0.348 e. The predicted octanol–water partition coefficient (Wildman–Crippen LogP) is 5.17. The van der Waals surface area contributed by atoms with E-state index in [1.165, 1.54) is 0 Å². The molecule has 0 spiro atoms. The van der Waals surface area contributed by atoms with Crippen molar-refractivity contribution >= 4 is 29.2 Å². The van der Waals surface area contributed by atoms with Crippen molar-refractivity contribution < 1.29 is 4.79 Å². The summed E-state index contributed by atoms with van der Waals surface area (Å²) in [4.78, 5) is 24.4. The molecule has 0 fully saturated rings. The Morgan fingerprint density at radius 3 is 2.56 bits per heavy atom. The van der Waals surface area contributed by atoms with E-state index >= 15 is 0 Å². The first-order chi connectivity index (χ1) is 15.7. The number of benzene rings is 3. The maximum Gasteiger partial charge on any atom is 0.258 e. The summed E-state index contributed by atoms with van der Waals surface area (Å²) in [5.74, 6) is 0.0687. The first-order valence-electron chi connectivity index (χ1n) is 10.2. The summed E-state index contributed by atoms with van der Waals surface area (Å²) >= 11 is 6.04. The van der Waals surface area contributed by atoms with Crippen molar-refractivity contribution in [2.45, 2.75) is 6.42 Å². The summed E-state index contributed by atoms with van der Waals surface area (Å²) in [5.41, 5.74) is 4.42. The van der Waals surface area contributed by atoms with E-state index in [4.69, 9.17) is 11.6 Å². The van der Waals surface area contributed by atoms with Crippen molar-refractivity contribution in [3.05, 3.63) is 108 Å². The molecule has 7 heteroatoms. The molecule has 0 unspecified atom stereocenters. The van der Waals surface area contributed by atoms with Gasteiger partial charge in [-0.05, 0) is 41.5 Å². The summed E-state index contributed by atoms with van der Waals surface area (Å²) in [5, 5.41) is 6.61. The Labute approximate surface area is 191 Å². The lowest BCUT2D eigenvalue weighted by molar-refractivity contribution is 0.0977. The van der Waals surface area contributed by atoms with Gasteiger partial charge in [-0.1, -0.05) is 60.1 Å². The average Bonchev–Trinajstić information content (AvgIpc) is 3.33. The molecule has 160 valence electrons. The van der Waals surface area contributed by atoms with Crippen LogP contribution in [0.3, 0.4) is 0 Å². The number of imidazole rings is 1. The number of aromatic amines is 1. The summed E-state index contributed by atoms with van der Waals surface area (Å²) < 4.78 is 0. The van der Waals surface area contributed by atoms with E-state index < -0.39 is 0 Å². The molecular weight excluding hydrogens is 422 g/mol. The van der Waals surface area contributed by atoms with E-state index in [0.29, 0.717) is 29.5 Å². The summed E-state index contributed by atoms with van der Waals surface area (Å²) in [7, 11) is 0. The van der Waals surface area contributed by atoms with Gasteiger partial charge in [0.05, 0.1) is 6.33 Å². The number of hydrogen-bond donors (Lipinski definition) is 3. The molecule has 0 saturated carbocycles. The van der Waals surface area contributed by atoms with Gasteiger partial charge in [-0.15, -0.1) is 0 Å². The zero-order valence-electron chi connectivity index (χ0n) is 17.3. The van der Waals surface area contributed by atoms with Crippen LogP contribution in [-0.4, -0.2) is 28.4 Å². The maximum absolute atomic E-state index is 12.8. The van der Waals surface area contributed by atoms with Crippen LogP contribution < -0.4 is 10.6 Å². The third-order valence-electron chi connectivity index (χ3n) is 4.76. The number of halogens is 1. The Balaban J connectivity index is 1.54. The number of anilines is 1. The van der Waals surface area contributed by atoms with Gasteiger partial charge in [-0.2, -0.15) is 0 Å². The zero-order valence-corrected chi connectivity index (χ0v) is 18.0. The average molecular weight is 444 g/mol. The topological polar surface area (TPSA) is 82.2 Å². The number of hydrogen-bond acceptors (Lipinski definition) is 3. The zero-order chi connectivity index (χ0) is 22.2. The fourth-order valence-corrected chi connectivity index (χ4v) is 3.36. The van der Waals surface area contributed by atoms with Gasteiger partial charge in [0, 0.05) is 41.1 Å². The Hall–Kier alpha value is -3.90. The van der Waals surface area contributed by atoms with Gasteiger partial charge in [0.1, 0.15) is 0 Å². The second-order valence-electron chi connectivity index (χ2n) is 7.09. The van der Waals surface area contributed by atoms with Crippen molar-refractivity contribution in [2.24, 2.45) is 4.99 Å². The molecule has 0 aliphatic carbocycles. The van der Waals surface area contributed by atoms with Crippen LogP contribution in [0.2, 0.25) is 5.02 Å². The first kappa shape index (κ1) is 21.3. The normalized spacial score (nSPS) is 11.2. The number of nitrogens with zero attached hydrogens (tertiary/aromatic N) is 2. The molecule has 1 aromatic heterocycles. The van der Waals surface area contributed by atoms with E-state index in [-0.39, 0.29) is 5.91 Å². The van der Waals surface area contributed by atoms with E-state index in [2.05, 4.69) is 37.7 Å².